The number of nitrogen functional groups attached to an aromatic ring is 1. The summed E-state index contributed by atoms with van der Waals surface area (Å²) in [6.07, 6.45) is 0. The summed E-state index contributed by atoms with van der Waals surface area (Å²) in [4.78, 5) is 4.25. The van der Waals surface area contributed by atoms with E-state index in [9.17, 15) is 4.39 Å². The Labute approximate surface area is 111 Å². The molecule has 0 saturated heterocycles. The molecule has 3 rings (SSSR count). The van der Waals surface area contributed by atoms with Crippen molar-refractivity contribution in [3.05, 3.63) is 46.7 Å². The molecular formula is C13H8BrFN2O. The van der Waals surface area contributed by atoms with Gasteiger partial charge in [0.15, 0.2) is 5.58 Å². The summed E-state index contributed by atoms with van der Waals surface area (Å²) in [5, 5.41) is 0. The van der Waals surface area contributed by atoms with E-state index in [0.717, 1.165) is 5.56 Å². The van der Waals surface area contributed by atoms with Gasteiger partial charge in [-0.3, -0.25) is 0 Å². The van der Waals surface area contributed by atoms with Gasteiger partial charge in [-0.05, 0) is 40.2 Å². The summed E-state index contributed by atoms with van der Waals surface area (Å²) in [5.74, 6) is 0.0606. The Hall–Kier alpha value is -1.88. The van der Waals surface area contributed by atoms with Gasteiger partial charge in [-0.15, -0.1) is 0 Å². The average Bonchev–Trinajstić information content (AvgIpc) is 2.73. The highest BCUT2D eigenvalue weighted by Crippen LogP contribution is 2.30. The predicted octanol–water partition coefficient (Wildman–Crippen LogP) is 3.98. The monoisotopic (exact) mass is 306 g/mol. The minimum Gasteiger partial charge on any atom is -0.435 e. The predicted molar refractivity (Wildman–Crippen MR) is 71.5 cm³/mol. The molecule has 0 bridgehead atoms. The molecule has 1 heterocycles. The standard InChI is InChI=1S/C13H8BrFN2O/c14-10-5-8(15)6-11-12(10)18-13(17-11)7-2-1-3-9(16)4-7/h1-6H,16H2. The second kappa shape index (κ2) is 4.10. The van der Waals surface area contributed by atoms with Crippen LogP contribution in [0.2, 0.25) is 0 Å². The smallest absolute Gasteiger partial charge is 0.227 e. The topological polar surface area (TPSA) is 52.0 Å². The molecule has 0 saturated carbocycles. The zero-order valence-electron chi connectivity index (χ0n) is 9.15. The van der Waals surface area contributed by atoms with E-state index in [1.807, 2.05) is 12.1 Å². The first kappa shape index (κ1) is 11.2. The van der Waals surface area contributed by atoms with Crippen LogP contribution >= 0.6 is 15.9 Å². The molecule has 5 heteroatoms. The van der Waals surface area contributed by atoms with Crippen LogP contribution in [-0.2, 0) is 0 Å². The van der Waals surface area contributed by atoms with E-state index in [1.54, 1.807) is 12.1 Å². The van der Waals surface area contributed by atoms with Crippen molar-refractivity contribution in [3.63, 3.8) is 0 Å². The van der Waals surface area contributed by atoms with Crippen LogP contribution in [0.1, 0.15) is 0 Å². The molecule has 3 aromatic rings. The van der Waals surface area contributed by atoms with Gasteiger partial charge in [0.2, 0.25) is 5.89 Å². The molecular weight excluding hydrogens is 299 g/mol. The van der Waals surface area contributed by atoms with E-state index in [1.165, 1.54) is 12.1 Å². The maximum atomic E-state index is 13.2. The molecule has 1 aromatic heterocycles. The van der Waals surface area contributed by atoms with Crippen molar-refractivity contribution in [2.75, 3.05) is 5.73 Å². The van der Waals surface area contributed by atoms with Crippen LogP contribution in [0.15, 0.2) is 45.3 Å². The van der Waals surface area contributed by atoms with Gasteiger partial charge in [0.1, 0.15) is 11.3 Å². The van der Waals surface area contributed by atoms with Gasteiger partial charge in [0.05, 0.1) is 4.47 Å². The Kier molecular flexibility index (Phi) is 2.56. The van der Waals surface area contributed by atoms with E-state index in [4.69, 9.17) is 10.2 Å². The second-order valence-electron chi connectivity index (χ2n) is 3.88. The highest BCUT2D eigenvalue weighted by atomic mass is 79.9. The third-order valence-electron chi connectivity index (χ3n) is 2.54. The molecule has 0 aliphatic carbocycles. The van der Waals surface area contributed by atoms with Crippen LogP contribution in [0.3, 0.4) is 0 Å². The second-order valence-corrected chi connectivity index (χ2v) is 4.73. The Morgan fingerprint density at radius 2 is 2.06 bits per heavy atom. The van der Waals surface area contributed by atoms with Crippen molar-refractivity contribution >= 4 is 32.7 Å². The Bertz CT molecular complexity index is 739. The number of aromatic nitrogens is 1. The van der Waals surface area contributed by atoms with E-state index < -0.39 is 0 Å². The fraction of sp³-hybridized carbons (Fsp3) is 0. The number of halogens is 2. The number of nitrogens with two attached hydrogens (primary N) is 1. The van der Waals surface area contributed by atoms with Crippen molar-refractivity contribution in [1.82, 2.24) is 4.98 Å². The van der Waals surface area contributed by atoms with Crippen LogP contribution in [0.5, 0.6) is 0 Å². The lowest BCUT2D eigenvalue weighted by atomic mass is 10.2. The number of fused-ring (bicyclic) bond motifs is 1. The molecule has 0 spiro atoms. The zero-order valence-corrected chi connectivity index (χ0v) is 10.7. The van der Waals surface area contributed by atoms with Crippen LogP contribution in [0.4, 0.5) is 10.1 Å². The summed E-state index contributed by atoms with van der Waals surface area (Å²) in [7, 11) is 0. The highest BCUT2D eigenvalue weighted by molar-refractivity contribution is 9.10. The molecule has 90 valence electrons. The Morgan fingerprint density at radius 3 is 2.83 bits per heavy atom. The molecule has 0 aliphatic heterocycles. The molecule has 2 aromatic carbocycles. The van der Waals surface area contributed by atoms with Crippen LogP contribution in [-0.4, -0.2) is 4.98 Å². The first-order chi connectivity index (χ1) is 8.63. The number of rotatable bonds is 1. The fourth-order valence-corrected chi connectivity index (χ4v) is 2.26. The highest BCUT2D eigenvalue weighted by Gasteiger charge is 2.12. The molecule has 18 heavy (non-hydrogen) atoms. The van der Waals surface area contributed by atoms with Gasteiger partial charge in [-0.2, -0.15) is 0 Å². The van der Waals surface area contributed by atoms with E-state index in [0.29, 0.717) is 27.2 Å². The van der Waals surface area contributed by atoms with Crippen molar-refractivity contribution in [2.45, 2.75) is 0 Å². The quantitative estimate of drug-likeness (QED) is 0.692. The molecule has 0 radical (unpaired) electrons. The average molecular weight is 307 g/mol. The van der Waals surface area contributed by atoms with Gasteiger partial charge in [0, 0.05) is 17.3 Å². The van der Waals surface area contributed by atoms with Crippen molar-refractivity contribution in [1.29, 1.82) is 0 Å². The Morgan fingerprint density at radius 1 is 1.22 bits per heavy atom. The largest absolute Gasteiger partial charge is 0.435 e. The maximum Gasteiger partial charge on any atom is 0.227 e. The van der Waals surface area contributed by atoms with Crippen LogP contribution in [0.25, 0.3) is 22.6 Å². The minimum atomic E-state index is -0.359. The first-order valence-electron chi connectivity index (χ1n) is 5.25. The minimum absolute atomic E-state index is 0.359. The third-order valence-corrected chi connectivity index (χ3v) is 3.13. The number of oxazole rings is 1. The maximum absolute atomic E-state index is 13.2. The lowest BCUT2D eigenvalue weighted by Crippen LogP contribution is -1.84. The van der Waals surface area contributed by atoms with Crippen molar-refractivity contribution < 1.29 is 8.81 Å². The van der Waals surface area contributed by atoms with Crippen molar-refractivity contribution in [3.8, 4) is 11.5 Å². The van der Waals surface area contributed by atoms with Gasteiger partial charge >= 0.3 is 0 Å². The SMILES string of the molecule is Nc1cccc(-c2nc3cc(F)cc(Br)c3o2)c1. The fourth-order valence-electron chi connectivity index (χ4n) is 1.75. The van der Waals surface area contributed by atoms with E-state index in [-0.39, 0.29) is 5.82 Å². The molecule has 0 fully saturated rings. The summed E-state index contributed by atoms with van der Waals surface area (Å²) >= 11 is 3.25. The van der Waals surface area contributed by atoms with Gasteiger partial charge < -0.3 is 10.2 Å². The number of nitrogens with zero attached hydrogens (tertiary/aromatic N) is 1. The van der Waals surface area contributed by atoms with Crippen LogP contribution in [0, 0.1) is 5.82 Å². The lowest BCUT2D eigenvalue weighted by Gasteiger charge is -1.96. The van der Waals surface area contributed by atoms with Gasteiger partial charge in [-0.25, -0.2) is 9.37 Å². The molecule has 0 unspecified atom stereocenters. The number of anilines is 1. The van der Waals surface area contributed by atoms with E-state index in [2.05, 4.69) is 20.9 Å². The molecule has 0 atom stereocenters. The van der Waals surface area contributed by atoms with Crippen LogP contribution < -0.4 is 5.73 Å². The Balaban J connectivity index is 2.22. The summed E-state index contributed by atoms with van der Waals surface area (Å²) < 4.78 is 19.4. The number of hydrogen-bond donors (Lipinski definition) is 1. The van der Waals surface area contributed by atoms with E-state index >= 15 is 0 Å². The molecule has 3 nitrogen and oxygen atoms in total. The van der Waals surface area contributed by atoms with Gasteiger partial charge in [-0.1, -0.05) is 6.07 Å². The first-order valence-corrected chi connectivity index (χ1v) is 6.04. The van der Waals surface area contributed by atoms with Crippen molar-refractivity contribution in [2.24, 2.45) is 0 Å². The molecule has 0 aliphatic rings. The molecule has 2 N–H and O–H groups in total. The molecule has 0 amide bonds. The summed E-state index contributed by atoms with van der Waals surface area (Å²) in [6, 6.07) is 9.87. The summed E-state index contributed by atoms with van der Waals surface area (Å²) in [5.41, 5.74) is 8.09. The zero-order chi connectivity index (χ0) is 12.7. The third kappa shape index (κ3) is 1.86. The number of hydrogen-bond acceptors (Lipinski definition) is 3. The van der Waals surface area contributed by atoms with Gasteiger partial charge in [0.25, 0.3) is 0 Å². The normalized spacial score (nSPS) is 11.0. The lowest BCUT2D eigenvalue weighted by molar-refractivity contribution is 0.611. The summed E-state index contributed by atoms with van der Waals surface area (Å²) in [6.45, 7) is 0. The number of benzene rings is 2.